The van der Waals surface area contributed by atoms with E-state index in [4.69, 9.17) is 4.74 Å². The van der Waals surface area contributed by atoms with E-state index < -0.39 is 37.9 Å². The summed E-state index contributed by atoms with van der Waals surface area (Å²) in [5, 5.41) is -11.8. The van der Waals surface area contributed by atoms with Crippen LogP contribution in [0.2, 0.25) is 0 Å². The van der Waals surface area contributed by atoms with Gasteiger partial charge in [0.2, 0.25) is 0 Å². The van der Waals surface area contributed by atoms with Gasteiger partial charge < -0.3 is 8.92 Å². The fourth-order valence-corrected chi connectivity index (χ4v) is 2.56. The van der Waals surface area contributed by atoms with E-state index in [9.17, 15) is 34.8 Å². The van der Waals surface area contributed by atoms with Gasteiger partial charge in [-0.3, -0.25) is 0 Å². The van der Waals surface area contributed by atoms with Crippen molar-refractivity contribution >= 4 is 22.7 Å². The second kappa shape index (κ2) is 6.45. The molecule has 0 saturated heterocycles. The maximum absolute atomic E-state index is 13.4. The monoisotopic (exact) mass is 412 g/mol. The molecule has 0 heterocycles. The molecule has 4 nitrogen and oxygen atoms in total. The van der Waals surface area contributed by atoms with Gasteiger partial charge >= 0.3 is 26.5 Å². The highest BCUT2D eigenvalue weighted by molar-refractivity contribution is 7.88. The third-order valence-electron chi connectivity index (χ3n) is 2.51. The van der Waals surface area contributed by atoms with Gasteiger partial charge in [0.1, 0.15) is 17.1 Å². The smallest absolute Gasteiger partial charge is 0.450 e. The van der Waals surface area contributed by atoms with E-state index in [-0.39, 0.29) is 5.75 Å². The Balaban J connectivity index is 3.09. The van der Waals surface area contributed by atoms with Crippen LogP contribution in [0.3, 0.4) is 0 Å². The first-order valence-electron chi connectivity index (χ1n) is 6.50. The molecule has 0 aliphatic carbocycles. The second-order valence-corrected chi connectivity index (χ2v) is 8.01. The lowest BCUT2D eigenvalue weighted by molar-refractivity contribution is -0.241. The normalized spacial score (nSPS) is 14.3. The average Bonchev–Trinajstić information content (AvgIpc) is 2.37. The van der Waals surface area contributed by atoms with Crippen molar-refractivity contribution in [3.05, 3.63) is 24.3 Å². The molecule has 0 bridgehead atoms. The molecule has 1 aromatic rings. The molecule has 0 amide bonds. The van der Waals surface area contributed by atoms with Crippen LogP contribution in [0, 0.1) is 0 Å². The lowest BCUT2D eigenvalue weighted by Crippen LogP contribution is -2.56. The van der Waals surface area contributed by atoms with Crippen LogP contribution in [0.5, 0.6) is 11.5 Å². The van der Waals surface area contributed by atoms with E-state index >= 15 is 0 Å². The molecule has 25 heavy (non-hydrogen) atoms. The molecule has 0 saturated carbocycles. The van der Waals surface area contributed by atoms with Crippen molar-refractivity contribution in [2.45, 2.75) is 42.8 Å². The van der Waals surface area contributed by atoms with Gasteiger partial charge in [-0.05, 0) is 45.0 Å². The van der Waals surface area contributed by atoms with Crippen LogP contribution in [0.4, 0.5) is 26.3 Å². The number of alkyl halides is 6. The molecule has 0 N–H and O–H groups in total. The van der Waals surface area contributed by atoms with E-state index in [2.05, 4.69) is 4.18 Å². The fraction of sp³-hybridized carbons (Fsp3) is 0.538. The van der Waals surface area contributed by atoms with Crippen LogP contribution in [0.15, 0.2) is 24.3 Å². The van der Waals surface area contributed by atoms with Gasteiger partial charge in [-0.25, -0.2) is 0 Å². The predicted molar refractivity (Wildman–Crippen MR) is 80.2 cm³/mol. The maximum atomic E-state index is 13.4. The summed E-state index contributed by atoms with van der Waals surface area (Å²) in [7, 11) is -6.45. The minimum absolute atomic E-state index is 0.205. The van der Waals surface area contributed by atoms with Crippen LogP contribution in [-0.2, 0) is 10.1 Å². The second-order valence-electron chi connectivity index (χ2n) is 5.86. The maximum Gasteiger partial charge on any atom is 0.450 e. The first-order chi connectivity index (χ1) is 10.9. The van der Waals surface area contributed by atoms with Crippen LogP contribution in [-0.4, -0.2) is 30.5 Å². The van der Waals surface area contributed by atoms with E-state index in [1.165, 1.54) is 0 Å². The molecule has 12 heteroatoms. The number of halogens is 6. The van der Waals surface area contributed by atoms with E-state index in [0.29, 0.717) is 0 Å². The topological polar surface area (TPSA) is 52.6 Å². The molecule has 0 fully saturated rings. The minimum atomic E-state index is -6.45. The third-order valence-corrected chi connectivity index (χ3v) is 4.09. The third kappa shape index (κ3) is 4.66. The Morgan fingerprint density at radius 1 is 0.880 bits per heavy atom. The Hall–Kier alpha value is -1.30. The zero-order valence-corrected chi connectivity index (χ0v) is 14.8. The largest absolute Gasteiger partial charge is 0.488 e. The summed E-state index contributed by atoms with van der Waals surface area (Å²) in [6.07, 6.45) is 0. The standard InChI is InChI=1S/C13H14F6O4S2/c1-10(2,3)22-8-4-6-9(7-5-8)23-25(20,21)13(18,19)11(14,15)12(16,17)24/h4-7,24H,1-3H3. The molecular formula is C13H14F6O4S2. The number of rotatable bonds is 6. The number of benzene rings is 1. The van der Waals surface area contributed by atoms with Crippen molar-refractivity contribution in [2.75, 3.05) is 0 Å². The quantitative estimate of drug-likeness (QED) is 0.430. The highest BCUT2D eigenvalue weighted by Crippen LogP contribution is 2.50. The SMILES string of the molecule is CC(C)(C)Oc1ccc(OS(=O)(=O)C(F)(F)C(F)(F)C(F)(F)S)cc1. The summed E-state index contributed by atoms with van der Waals surface area (Å²) in [5.41, 5.74) is -0.623. The van der Waals surface area contributed by atoms with E-state index in [0.717, 1.165) is 24.3 Å². The van der Waals surface area contributed by atoms with Crippen molar-refractivity contribution in [2.24, 2.45) is 0 Å². The van der Waals surface area contributed by atoms with Gasteiger partial charge in [0, 0.05) is 0 Å². The van der Waals surface area contributed by atoms with Crippen molar-refractivity contribution in [1.29, 1.82) is 0 Å². The molecule has 0 unspecified atom stereocenters. The van der Waals surface area contributed by atoms with Crippen molar-refractivity contribution in [1.82, 2.24) is 0 Å². The van der Waals surface area contributed by atoms with Crippen molar-refractivity contribution in [3.63, 3.8) is 0 Å². The summed E-state index contributed by atoms with van der Waals surface area (Å²) >= 11 is 2.04. The van der Waals surface area contributed by atoms with Crippen LogP contribution in [0.25, 0.3) is 0 Å². The molecule has 0 aromatic heterocycles. The summed E-state index contributed by atoms with van der Waals surface area (Å²) in [6.45, 7) is 5.09. The Morgan fingerprint density at radius 2 is 1.28 bits per heavy atom. The Bertz CT molecular complexity index is 706. The van der Waals surface area contributed by atoms with Gasteiger partial charge in [0.25, 0.3) is 0 Å². The predicted octanol–water partition coefficient (Wildman–Crippen LogP) is 4.32. The van der Waals surface area contributed by atoms with Gasteiger partial charge in [-0.1, -0.05) is 12.6 Å². The summed E-state index contributed by atoms with van der Waals surface area (Å²) < 4.78 is 110. The van der Waals surface area contributed by atoms with Crippen molar-refractivity contribution < 1.29 is 43.7 Å². The molecule has 0 radical (unpaired) electrons. The highest BCUT2D eigenvalue weighted by atomic mass is 32.2. The number of hydrogen-bond donors (Lipinski definition) is 1. The van der Waals surface area contributed by atoms with Crippen LogP contribution < -0.4 is 8.92 Å². The summed E-state index contributed by atoms with van der Waals surface area (Å²) in [6, 6.07) is 3.93. The zero-order chi connectivity index (χ0) is 19.9. The van der Waals surface area contributed by atoms with Gasteiger partial charge in [0.15, 0.2) is 0 Å². The van der Waals surface area contributed by atoms with Crippen molar-refractivity contribution in [3.8, 4) is 11.5 Å². The minimum Gasteiger partial charge on any atom is -0.488 e. The molecule has 1 aromatic carbocycles. The Morgan fingerprint density at radius 3 is 1.64 bits per heavy atom. The lowest BCUT2D eigenvalue weighted by atomic mass is 10.2. The molecule has 0 spiro atoms. The van der Waals surface area contributed by atoms with E-state index in [1.54, 1.807) is 20.8 Å². The summed E-state index contributed by atoms with van der Waals surface area (Å²) in [5.74, 6) is -6.90. The molecule has 0 atom stereocenters. The molecule has 0 aliphatic heterocycles. The first kappa shape index (κ1) is 21.7. The Kier molecular flexibility index (Phi) is 5.61. The highest BCUT2D eigenvalue weighted by Gasteiger charge is 2.77. The van der Waals surface area contributed by atoms with Gasteiger partial charge in [-0.15, -0.1) is 0 Å². The Labute approximate surface area is 145 Å². The van der Waals surface area contributed by atoms with Crippen LogP contribution >= 0.6 is 12.6 Å². The molecule has 144 valence electrons. The van der Waals surface area contributed by atoms with Gasteiger partial charge in [0.05, 0.1) is 0 Å². The van der Waals surface area contributed by atoms with E-state index in [1.807, 2.05) is 12.6 Å². The lowest BCUT2D eigenvalue weighted by Gasteiger charge is -2.28. The first-order valence-corrected chi connectivity index (χ1v) is 8.35. The molecular weight excluding hydrogens is 398 g/mol. The average molecular weight is 412 g/mol. The molecule has 0 aliphatic rings. The zero-order valence-electron chi connectivity index (χ0n) is 13.1. The number of ether oxygens (including phenoxy) is 1. The number of thiol groups is 1. The summed E-state index contributed by atoms with van der Waals surface area (Å²) in [4.78, 5) is 0. The van der Waals surface area contributed by atoms with Crippen LogP contribution in [0.1, 0.15) is 20.8 Å². The van der Waals surface area contributed by atoms with Gasteiger partial charge in [-0.2, -0.15) is 34.8 Å². The fourth-order valence-electron chi connectivity index (χ4n) is 1.43. The number of hydrogen-bond acceptors (Lipinski definition) is 5. The molecule has 1 rings (SSSR count).